The molecule has 0 saturated carbocycles. The van der Waals surface area contributed by atoms with Crippen molar-refractivity contribution in [3.05, 3.63) is 70.4 Å². The maximum Gasteiger partial charge on any atom is 0.265 e. The van der Waals surface area contributed by atoms with Gasteiger partial charge in [-0.15, -0.1) is 11.3 Å². The van der Waals surface area contributed by atoms with Crippen LogP contribution in [0, 0.1) is 0 Å². The molecule has 0 saturated heterocycles. The van der Waals surface area contributed by atoms with E-state index in [2.05, 4.69) is 10.6 Å². The van der Waals surface area contributed by atoms with Gasteiger partial charge in [-0.25, -0.2) is 0 Å². The van der Waals surface area contributed by atoms with Crippen LogP contribution in [0.5, 0.6) is 11.5 Å². The molecule has 0 spiro atoms. The molecule has 2 aromatic carbocycles. The molecule has 3 rings (SSSR count). The third kappa shape index (κ3) is 5.84. The lowest BCUT2D eigenvalue weighted by atomic mass is 10.1. The standard InChI is InChI=1S/C23H24N2O4S/c1-3-28-19-12-7-16(14-20(19)29-4-2)15-22(26)24-17-8-10-18(11-9-17)25-23(27)21-6-5-13-30-21/h5-14H,3-4,15H2,1-2H3,(H,24,26)(H,25,27). The molecule has 0 radical (unpaired) electrons. The molecule has 6 nitrogen and oxygen atoms in total. The molecule has 2 N–H and O–H groups in total. The number of hydrogen-bond donors (Lipinski definition) is 2. The zero-order valence-electron chi connectivity index (χ0n) is 16.9. The Bertz CT molecular complexity index is 985. The van der Waals surface area contributed by atoms with Gasteiger partial charge in [0.05, 0.1) is 24.5 Å². The molecule has 30 heavy (non-hydrogen) atoms. The largest absolute Gasteiger partial charge is 0.490 e. The predicted octanol–water partition coefficient (Wildman–Crippen LogP) is 4.98. The van der Waals surface area contributed by atoms with Crippen LogP contribution in [0.3, 0.4) is 0 Å². The molecule has 2 amide bonds. The lowest BCUT2D eigenvalue weighted by Gasteiger charge is -2.12. The zero-order valence-corrected chi connectivity index (χ0v) is 17.8. The first-order valence-electron chi connectivity index (χ1n) is 9.72. The zero-order chi connectivity index (χ0) is 21.3. The second kappa shape index (κ2) is 10.5. The molecular weight excluding hydrogens is 400 g/mol. The normalized spacial score (nSPS) is 10.3. The number of nitrogens with one attached hydrogen (secondary N) is 2. The van der Waals surface area contributed by atoms with Crippen LogP contribution in [0.1, 0.15) is 29.1 Å². The molecule has 0 unspecified atom stereocenters. The van der Waals surface area contributed by atoms with Gasteiger partial charge in [0, 0.05) is 11.4 Å². The predicted molar refractivity (Wildman–Crippen MR) is 120 cm³/mol. The van der Waals surface area contributed by atoms with Crippen LogP contribution < -0.4 is 20.1 Å². The van der Waals surface area contributed by atoms with Gasteiger partial charge in [0.15, 0.2) is 11.5 Å². The fraction of sp³-hybridized carbons (Fsp3) is 0.217. The van der Waals surface area contributed by atoms with E-state index in [-0.39, 0.29) is 18.2 Å². The second-order valence-corrected chi connectivity index (χ2v) is 7.33. The molecule has 0 aliphatic heterocycles. The van der Waals surface area contributed by atoms with Crippen molar-refractivity contribution in [1.82, 2.24) is 0 Å². The van der Waals surface area contributed by atoms with Gasteiger partial charge in [-0.1, -0.05) is 12.1 Å². The number of rotatable bonds is 9. The van der Waals surface area contributed by atoms with E-state index in [0.717, 1.165) is 5.56 Å². The van der Waals surface area contributed by atoms with Gasteiger partial charge < -0.3 is 20.1 Å². The first-order valence-corrected chi connectivity index (χ1v) is 10.6. The van der Waals surface area contributed by atoms with E-state index in [1.807, 2.05) is 43.5 Å². The van der Waals surface area contributed by atoms with Crippen LogP contribution in [0.2, 0.25) is 0 Å². The van der Waals surface area contributed by atoms with Gasteiger partial charge in [-0.05, 0) is 67.3 Å². The second-order valence-electron chi connectivity index (χ2n) is 6.38. The van der Waals surface area contributed by atoms with Crippen molar-refractivity contribution < 1.29 is 19.1 Å². The third-order valence-corrected chi connectivity index (χ3v) is 5.01. The molecule has 0 fully saturated rings. The van der Waals surface area contributed by atoms with E-state index in [1.54, 1.807) is 30.3 Å². The molecule has 0 aliphatic rings. The molecule has 156 valence electrons. The number of anilines is 2. The van der Waals surface area contributed by atoms with E-state index in [4.69, 9.17) is 9.47 Å². The van der Waals surface area contributed by atoms with Crippen molar-refractivity contribution in [3.63, 3.8) is 0 Å². The fourth-order valence-corrected chi connectivity index (χ4v) is 3.45. The Morgan fingerprint density at radius 3 is 2.17 bits per heavy atom. The minimum Gasteiger partial charge on any atom is -0.490 e. The highest BCUT2D eigenvalue weighted by Gasteiger charge is 2.10. The van der Waals surface area contributed by atoms with Gasteiger partial charge in [0.25, 0.3) is 5.91 Å². The van der Waals surface area contributed by atoms with E-state index >= 15 is 0 Å². The van der Waals surface area contributed by atoms with Crippen LogP contribution in [0.4, 0.5) is 11.4 Å². The van der Waals surface area contributed by atoms with Crippen LogP contribution >= 0.6 is 11.3 Å². The Morgan fingerprint density at radius 2 is 1.53 bits per heavy atom. The van der Waals surface area contributed by atoms with Crippen molar-refractivity contribution >= 4 is 34.5 Å². The summed E-state index contributed by atoms with van der Waals surface area (Å²) in [5.41, 5.74) is 2.16. The number of carbonyl (C=O) groups excluding carboxylic acids is 2. The lowest BCUT2D eigenvalue weighted by molar-refractivity contribution is -0.115. The maximum atomic E-state index is 12.4. The lowest BCUT2D eigenvalue weighted by Crippen LogP contribution is -2.15. The summed E-state index contributed by atoms with van der Waals surface area (Å²) >= 11 is 1.38. The van der Waals surface area contributed by atoms with Crippen LogP contribution in [-0.4, -0.2) is 25.0 Å². The number of ether oxygens (including phenoxy) is 2. The highest BCUT2D eigenvalue weighted by molar-refractivity contribution is 7.12. The first kappa shape index (κ1) is 21.4. The van der Waals surface area contributed by atoms with Crippen LogP contribution in [0.25, 0.3) is 0 Å². The topological polar surface area (TPSA) is 76.7 Å². The Kier molecular flexibility index (Phi) is 7.45. The van der Waals surface area contributed by atoms with E-state index in [0.29, 0.717) is 41.0 Å². The summed E-state index contributed by atoms with van der Waals surface area (Å²) in [5.74, 6) is 1.01. The highest BCUT2D eigenvalue weighted by Crippen LogP contribution is 2.29. The summed E-state index contributed by atoms with van der Waals surface area (Å²) in [6, 6.07) is 16.1. The van der Waals surface area contributed by atoms with Gasteiger partial charge in [-0.3, -0.25) is 9.59 Å². The monoisotopic (exact) mass is 424 g/mol. The minimum absolute atomic E-state index is 0.142. The summed E-state index contributed by atoms with van der Waals surface area (Å²) in [4.78, 5) is 25.2. The number of hydrogen-bond acceptors (Lipinski definition) is 5. The molecule has 0 aliphatic carbocycles. The van der Waals surface area contributed by atoms with Crippen molar-refractivity contribution in [3.8, 4) is 11.5 Å². The number of thiophene rings is 1. The SMILES string of the molecule is CCOc1ccc(CC(=O)Nc2ccc(NC(=O)c3cccs3)cc2)cc1OCC. The summed E-state index contributed by atoms with van der Waals surface area (Å²) in [6.07, 6.45) is 0.212. The molecular formula is C23H24N2O4S. The number of carbonyl (C=O) groups is 2. The van der Waals surface area contributed by atoms with Crippen molar-refractivity contribution in [2.75, 3.05) is 23.8 Å². The maximum absolute atomic E-state index is 12.4. The molecule has 0 bridgehead atoms. The van der Waals surface area contributed by atoms with Crippen molar-refractivity contribution in [2.24, 2.45) is 0 Å². The average molecular weight is 425 g/mol. The third-order valence-electron chi connectivity index (χ3n) is 4.14. The average Bonchev–Trinajstić information content (AvgIpc) is 3.27. The Hall–Kier alpha value is -3.32. The minimum atomic E-state index is -0.151. The summed E-state index contributed by atoms with van der Waals surface area (Å²) < 4.78 is 11.2. The molecule has 3 aromatic rings. The molecule has 7 heteroatoms. The molecule has 1 aromatic heterocycles. The van der Waals surface area contributed by atoms with Crippen LogP contribution in [-0.2, 0) is 11.2 Å². The Morgan fingerprint density at radius 1 is 0.867 bits per heavy atom. The van der Waals surface area contributed by atoms with Crippen molar-refractivity contribution in [2.45, 2.75) is 20.3 Å². The smallest absolute Gasteiger partial charge is 0.265 e. The quantitative estimate of drug-likeness (QED) is 0.508. The molecule has 1 heterocycles. The summed E-state index contributed by atoms with van der Waals surface area (Å²) in [7, 11) is 0. The first-order chi connectivity index (χ1) is 14.6. The van der Waals surface area contributed by atoms with Crippen LogP contribution in [0.15, 0.2) is 60.0 Å². The summed E-state index contributed by atoms with van der Waals surface area (Å²) in [5, 5.41) is 7.56. The van der Waals surface area contributed by atoms with Crippen molar-refractivity contribution in [1.29, 1.82) is 0 Å². The van der Waals surface area contributed by atoms with E-state index in [9.17, 15) is 9.59 Å². The summed E-state index contributed by atoms with van der Waals surface area (Å²) in [6.45, 7) is 4.88. The highest BCUT2D eigenvalue weighted by atomic mass is 32.1. The fourth-order valence-electron chi connectivity index (χ4n) is 2.83. The van der Waals surface area contributed by atoms with Gasteiger partial charge >= 0.3 is 0 Å². The van der Waals surface area contributed by atoms with Gasteiger partial charge in [0.1, 0.15) is 0 Å². The molecule has 0 atom stereocenters. The van der Waals surface area contributed by atoms with E-state index < -0.39 is 0 Å². The van der Waals surface area contributed by atoms with Gasteiger partial charge in [0.2, 0.25) is 5.91 Å². The Balaban J connectivity index is 1.58. The van der Waals surface area contributed by atoms with E-state index in [1.165, 1.54) is 11.3 Å². The van der Waals surface area contributed by atoms with Gasteiger partial charge in [-0.2, -0.15) is 0 Å². The number of benzene rings is 2. The Labute approximate surface area is 179 Å². The number of amides is 2.